The normalized spacial score (nSPS) is 38.2. The summed E-state index contributed by atoms with van der Waals surface area (Å²) in [4.78, 5) is 10.9. The van der Waals surface area contributed by atoms with Gasteiger partial charge in [0.2, 0.25) is 0 Å². The van der Waals surface area contributed by atoms with Gasteiger partial charge in [-0.05, 0) is 5.57 Å². The van der Waals surface area contributed by atoms with E-state index >= 15 is 0 Å². The standard InChI is InChI=1S/C9H12O4/c10-3-5-1-8(11)6-2-9(12)13-4-7(5)6/h1,6-8,10-11H,2-4H2/t6?,7?,8-/m1/s1. The Morgan fingerprint density at radius 3 is 3.08 bits per heavy atom. The second kappa shape index (κ2) is 3.12. The molecule has 2 N–H and O–H groups in total. The second-order valence-corrected chi connectivity index (χ2v) is 3.55. The maximum atomic E-state index is 10.9. The van der Waals surface area contributed by atoms with Crippen molar-refractivity contribution in [3.63, 3.8) is 0 Å². The molecule has 0 saturated carbocycles. The van der Waals surface area contributed by atoms with E-state index in [1.54, 1.807) is 6.08 Å². The molecular weight excluding hydrogens is 172 g/mol. The topological polar surface area (TPSA) is 66.8 Å². The lowest BCUT2D eigenvalue weighted by molar-refractivity contribution is -0.153. The van der Waals surface area contributed by atoms with Gasteiger partial charge in [0, 0.05) is 11.8 Å². The van der Waals surface area contributed by atoms with Gasteiger partial charge in [-0.25, -0.2) is 0 Å². The van der Waals surface area contributed by atoms with E-state index in [-0.39, 0.29) is 30.8 Å². The molecule has 2 rings (SSSR count). The first-order valence-corrected chi connectivity index (χ1v) is 4.37. The van der Waals surface area contributed by atoms with Gasteiger partial charge in [0.25, 0.3) is 0 Å². The summed E-state index contributed by atoms with van der Waals surface area (Å²) >= 11 is 0. The van der Waals surface area contributed by atoms with Crippen LogP contribution in [0.3, 0.4) is 0 Å². The van der Waals surface area contributed by atoms with Crippen molar-refractivity contribution in [3.8, 4) is 0 Å². The molecule has 4 heteroatoms. The van der Waals surface area contributed by atoms with Crippen LogP contribution in [-0.4, -0.2) is 35.5 Å². The Hall–Kier alpha value is -0.870. The Kier molecular flexibility index (Phi) is 2.09. The van der Waals surface area contributed by atoms with E-state index in [1.807, 2.05) is 0 Å². The van der Waals surface area contributed by atoms with E-state index in [1.165, 1.54) is 0 Å². The van der Waals surface area contributed by atoms with Crippen molar-refractivity contribution in [2.24, 2.45) is 11.8 Å². The van der Waals surface area contributed by atoms with Gasteiger partial charge >= 0.3 is 5.97 Å². The van der Waals surface area contributed by atoms with Gasteiger partial charge in [0.1, 0.15) is 0 Å². The summed E-state index contributed by atoms with van der Waals surface area (Å²) in [6.07, 6.45) is 1.29. The molecule has 13 heavy (non-hydrogen) atoms. The van der Waals surface area contributed by atoms with Gasteiger partial charge in [-0.3, -0.25) is 4.79 Å². The van der Waals surface area contributed by atoms with Crippen molar-refractivity contribution in [3.05, 3.63) is 11.6 Å². The first kappa shape index (κ1) is 8.72. The number of aliphatic hydroxyl groups excluding tert-OH is 2. The number of cyclic esters (lactones) is 1. The fraction of sp³-hybridized carbons (Fsp3) is 0.667. The number of hydrogen-bond donors (Lipinski definition) is 2. The number of carbonyl (C=O) groups excluding carboxylic acids is 1. The van der Waals surface area contributed by atoms with Crippen molar-refractivity contribution >= 4 is 5.97 Å². The fourth-order valence-corrected chi connectivity index (χ4v) is 2.08. The Labute approximate surface area is 75.8 Å². The van der Waals surface area contributed by atoms with Crippen molar-refractivity contribution < 1.29 is 19.7 Å². The van der Waals surface area contributed by atoms with Crippen molar-refractivity contribution in [1.29, 1.82) is 0 Å². The van der Waals surface area contributed by atoms with E-state index in [4.69, 9.17) is 9.84 Å². The Balaban J connectivity index is 2.16. The zero-order valence-corrected chi connectivity index (χ0v) is 7.14. The zero-order chi connectivity index (χ0) is 9.42. The molecule has 1 saturated heterocycles. The van der Waals surface area contributed by atoms with Gasteiger partial charge in [-0.1, -0.05) is 6.08 Å². The highest BCUT2D eigenvalue weighted by Gasteiger charge is 2.41. The molecule has 0 aromatic heterocycles. The third-order valence-electron chi connectivity index (χ3n) is 2.83. The number of ether oxygens (including phenoxy) is 1. The quantitative estimate of drug-likeness (QED) is 0.424. The Morgan fingerprint density at radius 1 is 1.62 bits per heavy atom. The molecule has 1 heterocycles. The summed E-state index contributed by atoms with van der Waals surface area (Å²) in [6.45, 7) is 0.239. The first-order chi connectivity index (χ1) is 6.22. The van der Waals surface area contributed by atoms with Crippen LogP contribution in [0.4, 0.5) is 0 Å². The van der Waals surface area contributed by atoms with E-state index in [0.29, 0.717) is 6.61 Å². The maximum absolute atomic E-state index is 10.9. The predicted octanol–water partition coefficient (Wildman–Crippen LogP) is -0.541. The minimum absolute atomic E-state index is 0.0256. The predicted molar refractivity (Wildman–Crippen MR) is 43.7 cm³/mol. The third kappa shape index (κ3) is 1.36. The van der Waals surface area contributed by atoms with Crippen LogP contribution < -0.4 is 0 Å². The van der Waals surface area contributed by atoms with Gasteiger partial charge < -0.3 is 14.9 Å². The van der Waals surface area contributed by atoms with Gasteiger partial charge in [-0.15, -0.1) is 0 Å². The van der Waals surface area contributed by atoms with E-state index in [0.717, 1.165) is 5.57 Å². The largest absolute Gasteiger partial charge is 0.465 e. The summed E-state index contributed by atoms with van der Waals surface area (Å²) in [7, 11) is 0. The minimum atomic E-state index is -0.597. The van der Waals surface area contributed by atoms with Crippen LogP contribution in [0.2, 0.25) is 0 Å². The summed E-state index contributed by atoms with van der Waals surface area (Å²) in [6, 6.07) is 0. The molecule has 72 valence electrons. The van der Waals surface area contributed by atoms with Gasteiger partial charge in [0.15, 0.2) is 0 Å². The van der Waals surface area contributed by atoms with Crippen LogP contribution in [0.25, 0.3) is 0 Å². The first-order valence-electron chi connectivity index (χ1n) is 4.37. The molecule has 0 radical (unpaired) electrons. The van der Waals surface area contributed by atoms with Crippen LogP contribution in [0.1, 0.15) is 6.42 Å². The smallest absolute Gasteiger partial charge is 0.306 e. The molecule has 3 atom stereocenters. The zero-order valence-electron chi connectivity index (χ0n) is 7.14. The average Bonchev–Trinajstić information content (AvgIpc) is 2.43. The summed E-state index contributed by atoms with van der Waals surface area (Å²) in [5.74, 6) is -0.311. The lowest BCUT2D eigenvalue weighted by Crippen LogP contribution is -2.34. The summed E-state index contributed by atoms with van der Waals surface area (Å²) < 4.78 is 4.87. The SMILES string of the molecule is O=C1CC2C(CO1)C(CO)=C[C@H]2O. The van der Waals surface area contributed by atoms with Crippen molar-refractivity contribution in [2.45, 2.75) is 12.5 Å². The number of hydrogen-bond acceptors (Lipinski definition) is 4. The Bertz CT molecular complexity index is 258. The van der Waals surface area contributed by atoms with Crippen LogP contribution in [-0.2, 0) is 9.53 Å². The fourth-order valence-electron chi connectivity index (χ4n) is 2.08. The number of aliphatic hydroxyl groups is 2. The number of fused-ring (bicyclic) bond motifs is 1. The molecule has 1 aliphatic carbocycles. The third-order valence-corrected chi connectivity index (χ3v) is 2.83. The maximum Gasteiger partial charge on any atom is 0.306 e. The van der Waals surface area contributed by atoms with E-state index in [9.17, 15) is 9.90 Å². The molecule has 4 nitrogen and oxygen atoms in total. The number of carbonyl (C=O) groups is 1. The molecular formula is C9H12O4. The molecule has 0 aromatic rings. The molecule has 0 spiro atoms. The highest BCUT2D eigenvalue weighted by atomic mass is 16.5. The summed E-state index contributed by atoms with van der Waals surface area (Å²) in [5.41, 5.74) is 0.796. The second-order valence-electron chi connectivity index (χ2n) is 3.55. The molecule has 0 amide bonds. The van der Waals surface area contributed by atoms with Crippen molar-refractivity contribution in [2.75, 3.05) is 13.2 Å². The Morgan fingerprint density at radius 2 is 2.38 bits per heavy atom. The van der Waals surface area contributed by atoms with Crippen molar-refractivity contribution in [1.82, 2.24) is 0 Å². The highest BCUT2D eigenvalue weighted by molar-refractivity contribution is 5.71. The molecule has 0 bridgehead atoms. The molecule has 0 aromatic carbocycles. The number of rotatable bonds is 1. The molecule has 2 unspecified atom stereocenters. The number of esters is 1. The van der Waals surface area contributed by atoms with Crippen LogP contribution in [0.15, 0.2) is 11.6 Å². The van der Waals surface area contributed by atoms with Gasteiger partial charge in [-0.2, -0.15) is 0 Å². The minimum Gasteiger partial charge on any atom is -0.465 e. The lowest BCUT2D eigenvalue weighted by Gasteiger charge is -2.28. The average molecular weight is 184 g/mol. The van der Waals surface area contributed by atoms with E-state index in [2.05, 4.69) is 0 Å². The highest BCUT2D eigenvalue weighted by Crippen LogP contribution is 2.37. The van der Waals surface area contributed by atoms with Gasteiger partial charge in [0.05, 0.1) is 25.7 Å². The van der Waals surface area contributed by atoms with E-state index < -0.39 is 6.10 Å². The molecule has 2 aliphatic rings. The van der Waals surface area contributed by atoms with Crippen LogP contribution in [0.5, 0.6) is 0 Å². The summed E-state index contributed by atoms with van der Waals surface area (Å²) in [5, 5.41) is 18.5. The monoisotopic (exact) mass is 184 g/mol. The molecule has 1 aliphatic heterocycles. The van der Waals surface area contributed by atoms with Crippen LogP contribution in [0, 0.1) is 11.8 Å². The van der Waals surface area contributed by atoms with Crippen LogP contribution >= 0.6 is 0 Å². The molecule has 1 fully saturated rings. The lowest BCUT2D eigenvalue weighted by atomic mass is 9.86.